The van der Waals surface area contributed by atoms with E-state index in [0.717, 1.165) is 13.0 Å². The van der Waals surface area contributed by atoms with E-state index in [0.29, 0.717) is 0 Å². The Labute approximate surface area is 43.8 Å². The monoisotopic (exact) mass is 101 g/mol. The maximum atomic E-state index is 5.02. The van der Waals surface area contributed by atoms with E-state index in [-0.39, 0.29) is 5.60 Å². The van der Waals surface area contributed by atoms with Gasteiger partial charge in [0.05, 0.1) is 6.54 Å². The van der Waals surface area contributed by atoms with Crippen LogP contribution >= 0.6 is 0 Å². The lowest BCUT2D eigenvalue weighted by molar-refractivity contribution is -0.194. The van der Waals surface area contributed by atoms with Crippen molar-refractivity contribution in [2.45, 2.75) is 25.9 Å². The topological polar surface area (TPSA) is 21.3 Å². The maximum Gasteiger partial charge on any atom is 0.101 e. The Morgan fingerprint density at radius 3 is 2.43 bits per heavy atom. The Bertz CT molecular complexity index is 63.0. The first kappa shape index (κ1) is 5.06. The zero-order valence-corrected chi connectivity index (χ0v) is 4.82. The lowest BCUT2D eigenvalue weighted by Gasteiger charge is -2.37. The summed E-state index contributed by atoms with van der Waals surface area (Å²) in [6, 6.07) is 0. The van der Waals surface area contributed by atoms with Gasteiger partial charge in [0.15, 0.2) is 0 Å². The summed E-state index contributed by atoms with van der Waals surface area (Å²) in [5.74, 6) is 0. The molecule has 0 aromatic rings. The van der Waals surface area contributed by atoms with Crippen molar-refractivity contribution in [3.8, 4) is 0 Å². The lowest BCUT2D eigenvalue weighted by atomic mass is 10.0. The molecule has 0 bridgehead atoms. The fourth-order valence-electron chi connectivity index (χ4n) is 0.516. The largest absolute Gasteiger partial charge is 0.294 e. The van der Waals surface area contributed by atoms with Gasteiger partial charge in [-0.15, -0.1) is 0 Å². The molecule has 1 rings (SSSR count). The standard InChI is InChI=1S/C5H11NO/c1-3-5(2)4-6-7-5/h6H,3-4H2,1-2H3. The Morgan fingerprint density at radius 1 is 1.86 bits per heavy atom. The van der Waals surface area contributed by atoms with Crippen molar-refractivity contribution in [1.82, 2.24) is 5.48 Å². The molecule has 1 aliphatic rings. The van der Waals surface area contributed by atoms with Crippen LogP contribution in [0.25, 0.3) is 0 Å². The zero-order chi connectivity index (χ0) is 5.33. The highest BCUT2D eigenvalue weighted by Crippen LogP contribution is 2.18. The van der Waals surface area contributed by atoms with Gasteiger partial charge in [-0.1, -0.05) is 6.92 Å². The smallest absolute Gasteiger partial charge is 0.101 e. The molecule has 1 aliphatic heterocycles. The number of rotatable bonds is 1. The maximum absolute atomic E-state index is 5.02. The molecule has 0 aromatic carbocycles. The molecule has 1 unspecified atom stereocenters. The van der Waals surface area contributed by atoms with Gasteiger partial charge < -0.3 is 0 Å². The van der Waals surface area contributed by atoms with E-state index in [1.807, 2.05) is 0 Å². The summed E-state index contributed by atoms with van der Waals surface area (Å²) in [5, 5.41) is 0. The van der Waals surface area contributed by atoms with Gasteiger partial charge in [-0.25, -0.2) is 0 Å². The lowest BCUT2D eigenvalue weighted by Crippen LogP contribution is -2.54. The quantitative estimate of drug-likeness (QED) is 0.524. The fraction of sp³-hybridized carbons (Fsp3) is 1.00. The summed E-state index contributed by atoms with van der Waals surface area (Å²) in [6.07, 6.45) is 1.10. The minimum atomic E-state index is 0.153. The van der Waals surface area contributed by atoms with E-state index in [4.69, 9.17) is 4.84 Å². The molecule has 0 radical (unpaired) electrons. The van der Waals surface area contributed by atoms with Crippen LogP contribution in [0.15, 0.2) is 0 Å². The third-order valence-electron chi connectivity index (χ3n) is 1.51. The van der Waals surface area contributed by atoms with Gasteiger partial charge in [-0.3, -0.25) is 4.84 Å². The molecule has 2 nitrogen and oxygen atoms in total. The van der Waals surface area contributed by atoms with E-state index >= 15 is 0 Å². The highest BCUT2D eigenvalue weighted by atomic mass is 16.7. The molecule has 1 N–H and O–H groups in total. The summed E-state index contributed by atoms with van der Waals surface area (Å²) < 4.78 is 0. The van der Waals surface area contributed by atoms with Crippen molar-refractivity contribution in [3.63, 3.8) is 0 Å². The van der Waals surface area contributed by atoms with Gasteiger partial charge in [0.2, 0.25) is 0 Å². The molecule has 1 atom stereocenters. The molecule has 0 aliphatic carbocycles. The Morgan fingerprint density at radius 2 is 2.43 bits per heavy atom. The predicted octanol–water partition coefficient (Wildman–Crippen LogP) is 0.690. The van der Waals surface area contributed by atoms with Crippen molar-refractivity contribution in [2.24, 2.45) is 0 Å². The third-order valence-corrected chi connectivity index (χ3v) is 1.51. The molecule has 0 amide bonds. The zero-order valence-electron chi connectivity index (χ0n) is 4.82. The number of hydrogen-bond acceptors (Lipinski definition) is 2. The van der Waals surface area contributed by atoms with Gasteiger partial charge in [-0.2, -0.15) is 5.48 Å². The minimum Gasteiger partial charge on any atom is -0.294 e. The molecule has 0 spiro atoms. The van der Waals surface area contributed by atoms with E-state index < -0.39 is 0 Å². The Balaban J connectivity index is 2.29. The average molecular weight is 101 g/mol. The SMILES string of the molecule is CCC1(C)CNO1. The summed E-state index contributed by atoms with van der Waals surface area (Å²) in [4.78, 5) is 5.02. The highest BCUT2D eigenvalue weighted by molar-refractivity contribution is 4.79. The first-order valence-electron chi connectivity index (χ1n) is 2.68. The molecular formula is C5H11NO. The van der Waals surface area contributed by atoms with Crippen molar-refractivity contribution < 1.29 is 4.84 Å². The summed E-state index contributed by atoms with van der Waals surface area (Å²) >= 11 is 0. The fourth-order valence-corrected chi connectivity index (χ4v) is 0.516. The van der Waals surface area contributed by atoms with Crippen LogP contribution in [0.1, 0.15) is 20.3 Å². The minimum absolute atomic E-state index is 0.153. The van der Waals surface area contributed by atoms with E-state index in [2.05, 4.69) is 19.3 Å². The van der Waals surface area contributed by atoms with Crippen molar-refractivity contribution >= 4 is 0 Å². The third kappa shape index (κ3) is 0.763. The van der Waals surface area contributed by atoms with Gasteiger partial charge in [0.25, 0.3) is 0 Å². The van der Waals surface area contributed by atoms with Gasteiger partial charge >= 0.3 is 0 Å². The second kappa shape index (κ2) is 1.46. The van der Waals surface area contributed by atoms with Crippen LogP contribution in [0, 0.1) is 0 Å². The molecule has 42 valence electrons. The van der Waals surface area contributed by atoms with Crippen LogP contribution in [-0.2, 0) is 4.84 Å². The molecule has 7 heavy (non-hydrogen) atoms. The number of nitrogens with one attached hydrogen (secondary N) is 1. The molecule has 0 aromatic heterocycles. The Hall–Kier alpha value is -0.0800. The van der Waals surface area contributed by atoms with E-state index in [1.54, 1.807) is 0 Å². The van der Waals surface area contributed by atoms with Crippen molar-refractivity contribution in [3.05, 3.63) is 0 Å². The second-order valence-corrected chi connectivity index (χ2v) is 2.23. The molecule has 1 heterocycles. The molecule has 1 fully saturated rings. The summed E-state index contributed by atoms with van der Waals surface area (Å²) in [7, 11) is 0. The molecule has 0 saturated carbocycles. The highest BCUT2D eigenvalue weighted by Gasteiger charge is 2.30. The molecular weight excluding hydrogens is 90.1 g/mol. The van der Waals surface area contributed by atoms with Crippen LogP contribution in [0.2, 0.25) is 0 Å². The van der Waals surface area contributed by atoms with Crippen LogP contribution in [0.5, 0.6) is 0 Å². The number of hydrogen-bond donors (Lipinski definition) is 1. The molecule has 1 saturated heterocycles. The van der Waals surface area contributed by atoms with Crippen LogP contribution in [0.3, 0.4) is 0 Å². The predicted molar refractivity (Wildman–Crippen MR) is 27.8 cm³/mol. The van der Waals surface area contributed by atoms with Gasteiger partial charge in [0, 0.05) is 0 Å². The van der Waals surface area contributed by atoms with Crippen LogP contribution in [-0.4, -0.2) is 12.1 Å². The van der Waals surface area contributed by atoms with E-state index in [1.165, 1.54) is 0 Å². The first-order chi connectivity index (χ1) is 3.27. The number of hydroxylamine groups is 1. The van der Waals surface area contributed by atoms with E-state index in [9.17, 15) is 0 Å². The summed E-state index contributed by atoms with van der Waals surface area (Å²) in [5.41, 5.74) is 2.91. The van der Waals surface area contributed by atoms with Gasteiger partial charge in [0.1, 0.15) is 5.60 Å². The average Bonchev–Trinajstić information content (AvgIpc) is 1.61. The van der Waals surface area contributed by atoms with Crippen LogP contribution < -0.4 is 5.48 Å². The second-order valence-electron chi connectivity index (χ2n) is 2.23. The van der Waals surface area contributed by atoms with Gasteiger partial charge in [-0.05, 0) is 13.3 Å². The van der Waals surface area contributed by atoms with Crippen LogP contribution in [0.4, 0.5) is 0 Å². The first-order valence-corrected chi connectivity index (χ1v) is 2.68. The normalized spacial score (nSPS) is 40.3. The molecule has 2 heteroatoms. The summed E-state index contributed by atoms with van der Waals surface area (Å²) in [6.45, 7) is 5.23. The van der Waals surface area contributed by atoms with Crippen molar-refractivity contribution in [2.75, 3.05) is 6.54 Å². The Kier molecular flexibility index (Phi) is 1.05. The van der Waals surface area contributed by atoms with Crippen molar-refractivity contribution in [1.29, 1.82) is 0 Å².